The zero-order chi connectivity index (χ0) is 24.8. The smallest absolute Gasteiger partial charge is 0.322 e. The van der Waals surface area contributed by atoms with E-state index in [1.54, 1.807) is 26.2 Å². The van der Waals surface area contributed by atoms with Crippen LogP contribution in [-0.4, -0.2) is 43.8 Å². The Morgan fingerprint density at radius 3 is 2.40 bits per heavy atom. The van der Waals surface area contributed by atoms with E-state index in [9.17, 15) is 4.79 Å². The topological polar surface area (TPSA) is 75.8 Å². The highest BCUT2D eigenvalue weighted by atomic mass is 16.5. The van der Waals surface area contributed by atoms with Crippen molar-refractivity contribution in [2.45, 2.75) is 19.9 Å². The molecule has 3 aromatic carbocycles. The number of fused-ring (bicyclic) bond motifs is 1. The summed E-state index contributed by atoms with van der Waals surface area (Å²) in [4.78, 5) is 18.4. The molecule has 2 N–H and O–H groups in total. The van der Waals surface area contributed by atoms with Crippen molar-refractivity contribution < 1.29 is 19.0 Å². The van der Waals surface area contributed by atoms with Crippen molar-refractivity contribution in [1.29, 1.82) is 0 Å². The number of nitrogens with one attached hydrogen (secondary N) is 2. The highest BCUT2D eigenvalue weighted by Gasteiger charge is 2.17. The average Bonchev–Trinajstić information content (AvgIpc) is 3.29. The number of methoxy groups -OCH3 is 3. The van der Waals surface area contributed by atoms with Crippen molar-refractivity contribution in [3.05, 3.63) is 83.6 Å². The molecule has 0 bridgehead atoms. The Morgan fingerprint density at radius 1 is 0.914 bits per heavy atom. The second-order valence-corrected chi connectivity index (χ2v) is 8.38. The van der Waals surface area contributed by atoms with Gasteiger partial charge < -0.3 is 29.4 Å². The van der Waals surface area contributed by atoms with E-state index in [2.05, 4.69) is 10.3 Å². The Hall–Kier alpha value is -4.13. The van der Waals surface area contributed by atoms with Gasteiger partial charge in [0.15, 0.2) is 11.5 Å². The van der Waals surface area contributed by atoms with E-state index >= 15 is 0 Å². The summed E-state index contributed by atoms with van der Waals surface area (Å²) in [5.41, 5.74) is 5.01. The lowest BCUT2D eigenvalue weighted by Crippen LogP contribution is -2.36. The minimum absolute atomic E-state index is 0.166. The maximum absolute atomic E-state index is 13.3. The first kappa shape index (κ1) is 24.0. The minimum Gasteiger partial charge on any atom is -0.497 e. The lowest BCUT2D eigenvalue weighted by molar-refractivity contribution is 0.209. The first-order valence-corrected chi connectivity index (χ1v) is 11.5. The molecule has 7 heteroatoms. The zero-order valence-corrected chi connectivity index (χ0v) is 20.6. The molecule has 0 radical (unpaired) electrons. The molecule has 4 rings (SSSR count). The fourth-order valence-electron chi connectivity index (χ4n) is 4.04. The lowest BCUT2D eigenvalue weighted by Gasteiger charge is -2.24. The molecule has 182 valence electrons. The molecule has 2 amide bonds. The van der Waals surface area contributed by atoms with Crippen LogP contribution in [0.15, 0.2) is 66.9 Å². The van der Waals surface area contributed by atoms with Gasteiger partial charge in [-0.15, -0.1) is 0 Å². The molecule has 0 spiro atoms. The van der Waals surface area contributed by atoms with Crippen LogP contribution in [0.5, 0.6) is 17.2 Å². The maximum Gasteiger partial charge on any atom is 0.322 e. The van der Waals surface area contributed by atoms with Gasteiger partial charge in [0.05, 0.1) is 21.3 Å². The normalized spacial score (nSPS) is 10.7. The van der Waals surface area contributed by atoms with Gasteiger partial charge in [-0.05, 0) is 66.9 Å². The number of ether oxygens (including phenoxy) is 3. The van der Waals surface area contributed by atoms with Crippen LogP contribution >= 0.6 is 0 Å². The third kappa shape index (κ3) is 5.69. The van der Waals surface area contributed by atoms with Crippen LogP contribution in [0.25, 0.3) is 10.9 Å². The van der Waals surface area contributed by atoms with Gasteiger partial charge in [0, 0.05) is 35.9 Å². The number of hydrogen-bond donors (Lipinski definition) is 2. The van der Waals surface area contributed by atoms with Crippen LogP contribution in [0.4, 0.5) is 10.5 Å². The van der Waals surface area contributed by atoms with Gasteiger partial charge in [-0.25, -0.2) is 4.79 Å². The number of rotatable bonds is 9. The fraction of sp³-hybridized carbons (Fsp3) is 0.250. The Labute approximate surface area is 205 Å². The summed E-state index contributed by atoms with van der Waals surface area (Å²) in [5.74, 6) is 2.09. The molecular formula is C28H31N3O4. The Bertz CT molecular complexity index is 1300. The van der Waals surface area contributed by atoms with Crippen LogP contribution in [0.1, 0.15) is 16.7 Å². The van der Waals surface area contributed by atoms with Gasteiger partial charge in [-0.3, -0.25) is 0 Å². The number of aryl methyl sites for hydroxylation is 1. The summed E-state index contributed by atoms with van der Waals surface area (Å²) >= 11 is 0. The van der Waals surface area contributed by atoms with Crippen molar-refractivity contribution in [3.8, 4) is 17.2 Å². The average molecular weight is 474 g/mol. The second-order valence-electron chi connectivity index (χ2n) is 8.38. The minimum atomic E-state index is -0.166. The molecule has 0 aliphatic rings. The number of urea groups is 1. The van der Waals surface area contributed by atoms with Gasteiger partial charge in [-0.1, -0.05) is 23.8 Å². The van der Waals surface area contributed by atoms with Gasteiger partial charge in [0.1, 0.15) is 5.75 Å². The molecule has 0 saturated carbocycles. The number of hydrogen-bond acceptors (Lipinski definition) is 4. The van der Waals surface area contributed by atoms with Crippen LogP contribution in [0.3, 0.4) is 0 Å². The number of carbonyl (C=O) groups is 1. The van der Waals surface area contributed by atoms with Gasteiger partial charge in [-0.2, -0.15) is 0 Å². The second kappa shape index (κ2) is 10.9. The van der Waals surface area contributed by atoms with Gasteiger partial charge >= 0.3 is 6.03 Å². The largest absolute Gasteiger partial charge is 0.497 e. The molecule has 0 aliphatic heterocycles. The van der Waals surface area contributed by atoms with Crippen molar-refractivity contribution in [1.82, 2.24) is 9.88 Å². The maximum atomic E-state index is 13.3. The van der Waals surface area contributed by atoms with Crippen LogP contribution in [0, 0.1) is 6.92 Å². The monoisotopic (exact) mass is 473 g/mol. The fourth-order valence-corrected chi connectivity index (χ4v) is 4.04. The number of amides is 2. The van der Waals surface area contributed by atoms with Gasteiger partial charge in [0.25, 0.3) is 0 Å². The van der Waals surface area contributed by atoms with Crippen molar-refractivity contribution in [2.24, 2.45) is 0 Å². The standard InChI is InChI=1S/C28H31N3O4/c1-19-5-8-22(9-6-19)30-28(32)31(18-20-7-12-26(34-3)27(15-20)35-4)14-13-21-17-29-25-11-10-23(33-2)16-24(21)25/h5-12,15-17,29H,13-14,18H2,1-4H3,(H,30,32). The van der Waals surface area contributed by atoms with E-state index in [0.29, 0.717) is 31.0 Å². The van der Waals surface area contributed by atoms with E-state index in [1.807, 2.05) is 73.8 Å². The molecule has 4 aromatic rings. The third-order valence-electron chi connectivity index (χ3n) is 6.04. The van der Waals surface area contributed by atoms with Crippen LogP contribution in [-0.2, 0) is 13.0 Å². The first-order valence-electron chi connectivity index (χ1n) is 11.5. The van der Waals surface area contributed by atoms with Crippen molar-refractivity contribution in [3.63, 3.8) is 0 Å². The summed E-state index contributed by atoms with van der Waals surface area (Å²) in [6.45, 7) is 2.96. The molecule has 1 heterocycles. The van der Waals surface area contributed by atoms with Crippen molar-refractivity contribution >= 4 is 22.6 Å². The van der Waals surface area contributed by atoms with Crippen molar-refractivity contribution in [2.75, 3.05) is 33.2 Å². The zero-order valence-electron chi connectivity index (χ0n) is 20.6. The molecule has 0 aliphatic carbocycles. The van der Waals surface area contributed by atoms with E-state index in [0.717, 1.165) is 39.0 Å². The number of nitrogens with zero attached hydrogens (tertiary/aromatic N) is 1. The third-order valence-corrected chi connectivity index (χ3v) is 6.04. The number of aromatic amines is 1. The first-order chi connectivity index (χ1) is 17.0. The number of H-pyrrole nitrogens is 1. The van der Waals surface area contributed by atoms with E-state index < -0.39 is 0 Å². The SMILES string of the molecule is COc1ccc2[nH]cc(CCN(Cc3ccc(OC)c(OC)c3)C(=O)Nc3ccc(C)cc3)c2c1. The van der Waals surface area contributed by atoms with E-state index in [1.165, 1.54) is 0 Å². The lowest BCUT2D eigenvalue weighted by atomic mass is 10.1. The summed E-state index contributed by atoms with van der Waals surface area (Å²) < 4.78 is 16.2. The van der Waals surface area contributed by atoms with E-state index in [-0.39, 0.29) is 6.03 Å². The molecular weight excluding hydrogens is 442 g/mol. The highest BCUT2D eigenvalue weighted by molar-refractivity contribution is 5.89. The highest BCUT2D eigenvalue weighted by Crippen LogP contribution is 2.29. The molecule has 0 saturated heterocycles. The molecule has 0 atom stereocenters. The number of aromatic nitrogens is 1. The molecule has 0 fully saturated rings. The number of benzene rings is 3. The Kier molecular flexibility index (Phi) is 7.45. The summed E-state index contributed by atoms with van der Waals surface area (Å²) in [7, 11) is 4.87. The quantitative estimate of drug-likeness (QED) is 0.323. The molecule has 0 unspecified atom stereocenters. The number of anilines is 1. The Balaban J connectivity index is 1.57. The van der Waals surface area contributed by atoms with Crippen LogP contribution in [0.2, 0.25) is 0 Å². The summed E-state index contributed by atoms with van der Waals surface area (Å²) in [5, 5.41) is 4.12. The predicted octanol–water partition coefficient (Wildman–Crippen LogP) is 5.78. The number of carbonyl (C=O) groups excluding carboxylic acids is 1. The van der Waals surface area contributed by atoms with Gasteiger partial charge in [0.2, 0.25) is 0 Å². The molecule has 7 nitrogen and oxygen atoms in total. The summed E-state index contributed by atoms with van der Waals surface area (Å²) in [6.07, 6.45) is 2.68. The molecule has 35 heavy (non-hydrogen) atoms. The molecule has 1 aromatic heterocycles. The predicted molar refractivity (Wildman–Crippen MR) is 139 cm³/mol. The Morgan fingerprint density at radius 2 is 1.69 bits per heavy atom. The van der Waals surface area contributed by atoms with Crippen LogP contribution < -0.4 is 19.5 Å². The summed E-state index contributed by atoms with van der Waals surface area (Å²) in [6, 6.07) is 19.3. The van der Waals surface area contributed by atoms with E-state index in [4.69, 9.17) is 14.2 Å².